The van der Waals surface area contributed by atoms with E-state index >= 15 is 0 Å². The highest BCUT2D eigenvalue weighted by atomic mass is 16.4. The van der Waals surface area contributed by atoms with Gasteiger partial charge in [-0.15, -0.1) is 0 Å². The van der Waals surface area contributed by atoms with Crippen LogP contribution in [0.1, 0.15) is 96.1 Å². The lowest BCUT2D eigenvalue weighted by Crippen LogP contribution is -2.30. The smallest absolute Gasteiger partial charge is 0.336 e. The number of aromatic carboxylic acids is 2. The Labute approximate surface area is 241 Å². The molecule has 2 aliphatic rings. The fraction of sp³-hybridized carbons (Fsp3) is 0.545. The first-order valence-electron chi connectivity index (χ1n) is 15.5. The summed E-state index contributed by atoms with van der Waals surface area (Å²) in [6.45, 7) is 6.68. The van der Waals surface area contributed by atoms with Gasteiger partial charge in [0.25, 0.3) is 5.56 Å². The summed E-state index contributed by atoms with van der Waals surface area (Å²) in [7, 11) is 0. The van der Waals surface area contributed by atoms with Crippen LogP contribution in [0.3, 0.4) is 0 Å². The molecule has 0 bridgehead atoms. The van der Waals surface area contributed by atoms with E-state index in [4.69, 9.17) is 0 Å². The molecule has 8 nitrogen and oxygen atoms in total. The first-order chi connectivity index (χ1) is 19.9. The molecule has 2 aromatic carbocycles. The predicted octanol–water partition coefficient (Wildman–Crippen LogP) is 5.69. The maximum atomic E-state index is 13.0. The number of likely N-dealkylation sites (tertiary alicyclic amines) is 2. The van der Waals surface area contributed by atoms with Gasteiger partial charge in [0.05, 0.1) is 16.6 Å². The maximum absolute atomic E-state index is 13.0. The molecule has 2 saturated heterocycles. The molecule has 0 atom stereocenters. The zero-order valence-electron chi connectivity index (χ0n) is 24.1. The summed E-state index contributed by atoms with van der Waals surface area (Å²) in [5.41, 5.74) is 2.27. The number of pyridine rings is 1. The van der Waals surface area contributed by atoms with Gasteiger partial charge in [-0.25, -0.2) is 9.59 Å². The van der Waals surface area contributed by atoms with Crippen LogP contribution in [0.4, 0.5) is 0 Å². The van der Waals surface area contributed by atoms with Crippen molar-refractivity contribution in [3.05, 3.63) is 56.9 Å². The van der Waals surface area contributed by atoms with Crippen LogP contribution >= 0.6 is 0 Å². The van der Waals surface area contributed by atoms with Crippen molar-refractivity contribution < 1.29 is 19.8 Å². The van der Waals surface area contributed by atoms with E-state index in [1.807, 2.05) is 0 Å². The second-order valence-corrected chi connectivity index (χ2v) is 11.8. The van der Waals surface area contributed by atoms with Crippen LogP contribution in [0.5, 0.6) is 0 Å². The molecule has 5 rings (SSSR count). The number of unbranched alkanes of at least 4 members (excludes halogenated alkanes) is 2. The molecule has 220 valence electrons. The van der Waals surface area contributed by atoms with Crippen LogP contribution in [0.25, 0.3) is 21.7 Å². The molecule has 0 aliphatic carbocycles. The van der Waals surface area contributed by atoms with E-state index in [0.717, 1.165) is 87.9 Å². The number of carboxylic acids is 2. The van der Waals surface area contributed by atoms with Crippen LogP contribution < -0.4 is 5.56 Å². The quantitative estimate of drug-likeness (QED) is 0.192. The van der Waals surface area contributed by atoms with Crippen molar-refractivity contribution in [1.82, 2.24) is 14.8 Å². The van der Waals surface area contributed by atoms with Gasteiger partial charge < -0.3 is 25.0 Å². The molecule has 3 aromatic rings. The van der Waals surface area contributed by atoms with Crippen LogP contribution in [0, 0.1) is 0 Å². The molecule has 0 amide bonds. The Morgan fingerprint density at radius 1 is 0.707 bits per heavy atom. The molecule has 2 aliphatic heterocycles. The third kappa shape index (κ3) is 6.99. The maximum Gasteiger partial charge on any atom is 0.336 e. The predicted molar refractivity (Wildman–Crippen MR) is 162 cm³/mol. The lowest BCUT2D eigenvalue weighted by atomic mass is 9.87. The summed E-state index contributed by atoms with van der Waals surface area (Å²) in [6.07, 6.45) is 12.9. The fourth-order valence-electron chi connectivity index (χ4n) is 6.85. The number of benzene rings is 2. The minimum atomic E-state index is -1.08. The Morgan fingerprint density at radius 2 is 1.29 bits per heavy atom. The molecule has 3 heterocycles. The highest BCUT2D eigenvalue weighted by Crippen LogP contribution is 2.33. The number of aryl methyl sites for hydroxylation is 1. The summed E-state index contributed by atoms with van der Waals surface area (Å²) in [6, 6.07) is 6.29. The number of carboxylic acid groups (broad SMARTS) is 2. The summed E-state index contributed by atoms with van der Waals surface area (Å²) < 4.78 is 0. The summed E-state index contributed by atoms with van der Waals surface area (Å²) in [5, 5.41) is 21.6. The number of aromatic amines is 1. The van der Waals surface area contributed by atoms with E-state index in [-0.39, 0.29) is 11.1 Å². The second-order valence-electron chi connectivity index (χ2n) is 11.8. The van der Waals surface area contributed by atoms with Crippen LogP contribution in [-0.4, -0.2) is 76.2 Å². The molecule has 0 saturated carbocycles. The number of aromatic nitrogens is 1. The number of hydrogen-bond donors (Lipinski definition) is 3. The van der Waals surface area contributed by atoms with Crippen molar-refractivity contribution in [1.29, 1.82) is 0 Å². The summed E-state index contributed by atoms with van der Waals surface area (Å²) in [5.74, 6) is -2.06. The van der Waals surface area contributed by atoms with Gasteiger partial charge in [-0.2, -0.15) is 0 Å². The fourth-order valence-corrected chi connectivity index (χ4v) is 6.85. The first kappa shape index (κ1) is 29.3. The van der Waals surface area contributed by atoms with Crippen molar-refractivity contribution >= 4 is 33.6 Å². The van der Waals surface area contributed by atoms with Gasteiger partial charge >= 0.3 is 11.9 Å². The highest BCUT2D eigenvalue weighted by Gasteiger charge is 2.21. The van der Waals surface area contributed by atoms with E-state index in [9.17, 15) is 24.6 Å². The molecule has 2 fully saturated rings. The largest absolute Gasteiger partial charge is 0.478 e. The van der Waals surface area contributed by atoms with Crippen LogP contribution in [0.2, 0.25) is 0 Å². The van der Waals surface area contributed by atoms with Gasteiger partial charge in [0.2, 0.25) is 0 Å². The van der Waals surface area contributed by atoms with Gasteiger partial charge in [-0.05, 0) is 138 Å². The number of piperidine rings is 2. The highest BCUT2D eigenvalue weighted by molar-refractivity contribution is 6.11. The Bertz CT molecular complexity index is 1450. The summed E-state index contributed by atoms with van der Waals surface area (Å²) >= 11 is 0. The molecule has 41 heavy (non-hydrogen) atoms. The third-order valence-electron chi connectivity index (χ3n) is 9.01. The molecular weight excluding hydrogens is 518 g/mol. The van der Waals surface area contributed by atoms with Crippen LogP contribution in [-0.2, 0) is 12.8 Å². The van der Waals surface area contributed by atoms with Crippen LogP contribution in [0.15, 0.2) is 29.1 Å². The van der Waals surface area contributed by atoms with Crippen molar-refractivity contribution in [2.45, 2.75) is 77.0 Å². The zero-order valence-corrected chi connectivity index (χ0v) is 24.1. The molecule has 0 spiro atoms. The van der Waals surface area contributed by atoms with E-state index in [1.165, 1.54) is 50.7 Å². The first-order valence-corrected chi connectivity index (χ1v) is 15.5. The minimum absolute atomic E-state index is 0.0607. The zero-order chi connectivity index (χ0) is 28.8. The van der Waals surface area contributed by atoms with Crippen molar-refractivity contribution in [2.24, 2.45) is 0 Å². The van der Waals surface area contributed by atoms with Crippen molar-refractivity contribution in [3.63, 3.8) is 0 Å². The standard InChI is InChI=1S/C33H43N3O5/c37-31-27-21-23(32(38)39)13-14-26(27)30-25(12-4-10-20-36-17-7-2-8-18-36)24(28(33(40)41)22-29(30)34-31)11-3-9-19-35-15-5-1-6-16-35/h13-14,21-22H,1-12,15-20H2,(H,34,37)(H,38,39)(H,40,41). The Kier molecular flexibility index (Phi) is 9.72. The summed E-state index contributed by atoms with van der Waals surface area (Å²) in [4.78, 5) is 45.1. The number of nitrogens with one attached hydrogen (secondary N) is 1. The normalized spacial score (nSPS) is 16.9. The Morgan fingerprint density at radius 3 is 1.85 bits per heavy atom. The SMILES string of the molecule is O=C(O)c1ccc2c(c1)c(=O)[nH]c1cc(C(=O)O)c(CCCCN3CCCCC3)c(CCCCN3CCCCC3)c12. The van der Waals surface area contributed by atoms with E-state index in [0.29, 0.717) is 22.7 Å². The van der Waals surface area contributed by atoms with E-state index in [2.05, 4.69) is 14.8 Å². The lowest BCUT2D eigenvalue weighted by molar-refractivity contribution is 0.0685. The van der Waals surface area contributed by atoms with Crippen molar-refractivity contribution in [3.8, 4) is 0 Å². The average molecular weight is 562 g/mol. The number of nitrogens with zero attached hydrogens (tertiary/aromatic N) is 2. The lowest BCUT2D eigenvalue weighted by Gasteiger charge is -2.26. The molecule has 3 N–H and O–H groups in total. The van der Waals surface area contributed by atoms with Gasteiger partial charge in [-0.3, -0.25) is 4.79 Å². The molecule has 0 unspecified atom stereocenters. The minimum Gasteiger partial charge on any atom is -0.478 e. The number of hydrogen-bond acceptors (Lipinski definition) is 5. The second kappa shape index (κ2) is 13.6. The number of H-pyrrole nitrogens is 1. The monoisotopic (exact) mass is 561 g/mol. The topological polar surface area (TPSA) is 114 Å². The molecule has 0 radical (unpaired) electrons. The van der Waals surface area contributed by atoms with Gasteiger partial charge in [0.15, 0.2) is 0 Å². The average Bonchev–Trinajstić information content (AvgIpc) is 2.98. The van der Waals surface area contributed by atoms with E-state index in [1.54, 1.807) is 12.1 Å². The Balaban J connectivity index is 1.50. The van der Waals surface area contributed by atoms with Gasteiger partial charge in [0.1, 0.15) is 0 Å². The number of fused-ring (bicyclic) bond motifs is 3. The molecule has 8 heteroatoms. The molecule has 1 aromatic heterocycles. The van der Waals surface area contributed by atoms with Gasteiger partial charge in [-0.1, -0.05) is 18.9 Å². The Hall–Kier alpha value is -3.23. The molecular formula is C33H43N3O5. The van der Waals surface area contributed by atoms with E-state index < -0.39 is 17.5 Å². The number of carbonyl (C=O) groups is 2. The third-order valence-corrected chi connectivity index (χ3v) is 9.01. The van der Waals surface area contributed by atoms with Gasteiger partial charge in [0, 0.05) is 10.8 Å². The number of rotatable bonds is 12. The van der Waals surface area contributed by atoms with Crippen molar-refractivity contribution in [2.75, 3.05) is 39.3 Å².